The lowest BCUT2D eigenvalue weighted by atomic mass is 10.1. The van der Waals surface area contributed by atoms with Crippen LogP contribution in [0.2, 0.25) is 0 Å². The van der Waals surface area contributed by atoms with Crippen LogP contribution in [0.1, 0.15) is 21.7 Å². The zero-order valence-electron chi connectivity index (χ0n) is 16.6. The van der Waals surface area contributed by atoms with Gasteiger partial charge in [0.15, 0.2) is 12.4 Å². The molecule has 30 heavy (non-hydrogen) atoms. The first-order valence-electron chi connectivity index (χ1n) is 9.74. The van der Waals surface area contributed by atoms with Crippen LogP contribution in [0.25, 0.3) is 11.0 Å². The summed E-state index contributed by atoms with van der Waals surface area (Å²) in [5.74, 6) is -0.675. The fourth-order valence-corrected chi connectivity index (χ4v) is 3.48. The molecule has 0 spiro atoms. The van der Waals surface area contributed by atoms with Gasteiger partial charge >= 0.3 is 5.97 Å². The van der Waals surface area contributed by atoms with Crippen molar-refractivity contribution in [3.05, 3.63) is 59.7 Å². The Morgan fingerprint density at radius 1 is 1.03 bits per heavy atom. The third-order valence-corrected chi connectivity index (χ3v) is 5.15. The maximum atomic E-state index is 12.4. The predicted molar refractivity (Wildman–Crippen MR) is 107 cm³/mol. The maximum Gasteiger partial charge on any atom is 0.310 e. The van der Waals surface area contributed by atoms with Gasteiger partial charge in [-0.25, -0.2) is 0 Å². The van der Waals surface area contributed by atoms with Crippen LogP contribution in [-0.2, 0) is 20.7 Å². The highest BCUT2D eigenvalue weighted by molar-refractivity contribution is 5.91. The Morgan fingerprint density at radius 2 is 1.80 bits per heavy atom. The van der Waals surface area contributed by atoms with Crippen molar-refractivity contribution in [3.63, 3.8) is 0 Å². The second kappa shape index (κ2) is 8.44. The Kier molecular flexibility index (Phi) is 5.56. The number of piperazine rings is 1. The van der Waals surface area contributed by atoms with Crippen molar-refractivity contribution in [2.24, 2.45) is 0 Å². The summed E-state index contributed by atoms with van der Waals surface area (Å²) in [6, 6.07) is 9.04. The molecule has 0 unspecified atom stereocenters. The number of benzene rings is 1. The molecule has 4 rings (SSSR count). The van der Waals surface area contributed by atoms with Gasteiger partial charge in [0.2, 0.25) is 0 Å². The number of hydrogen-bond donors (Lipinski definition) is 0. The van der Waals surface area contributed by atoms with E-state index < -0.39 is 5.97 Å². The molecule has 3 heterocycles. The summed E-state index contributed by atoms with van der Waals surface area (Å²) in [5.41, 5.74) is 2.52. The number of hydrogen-bond acceptors (Lipinski definition) is 6. The summed E-state index contributed by atoms with van der Waals surface area (Å²) in [4.78, 5) is 40.1. The van der Waals surface area contributed by atoms with Crippen LogP contribution in [-0.4, -0.2) is 60.4 Å². The van der Waals surface area contributed by atoms with Gasteiger partial charge in [-0.15, -0.1) is 0 Å². The first-order chi connectivity index (χ1) is 14.5. The van der Waals surface area contributed by atoms with Crippen molar-refractivity contribution in [1.29, 1.82) is 0 Å². The monoisotopic (exact) mass is 410 g/mol. The van der Waals surface area contributed by atoms with Crippen molar-refractivity contribution in [3.8, 4) is 0 Å². The molecule has 156 valence electrons. The molecule has 1 aliphatic heterocycles. The first kappa shape index (κ1) is 19.8. The SMILES string of the molecule is Cc1ccc2c(CC(=O)OCC(=O)N3CCN(C(=O)c4ccco4)CC3)coc2c1. The summed E-state index contributed by atoms with van der Waals surface area (Å²) in [6.07, 6.45) is 3.03. The lowest BCUT2D eigenvalue weighted by Crippen LogP contribution is -2.51. The van der Waals surface area contributed by atoms with Crippen molar-refractivity contribution >= 4 is 28.8 Å². The second-order valence-electron chi connectivity index (χ2n) is 7.25. The van der Waals surface area contributed by atoms with E-state index in [4.69, 9.17) is 13.6 Å². The van der Waals surface area contributed by atoms with Crippen molar-refractivity contribution in [1.82, 2.24) is 9.80 Å². The Bertz CT molecular complexity index is 1060. The van der Waals surface area contributed by atoms with E-state index in [0.717, 1.165) is 22.1 Å². The zero-order chi connectivity index (χ0) is 21.1. The van der Waals surface area contributed by atoms with E-state index in [-0.39, 0.29) is 30.6 Å². The van der Waals surface area contributed by atoms with E-state index >= 15 is 0 Å². The number of ether oxygens (including phenoxy) is 1. The Hall–Kier alpha value is -3.55. The van der Waals surface area contributed by atoms with Crippen LogP contribution in [0, 0.1) is 6.92 Å². The van der Waals surface area contributed by atoms with Crippen LogP contribution < -0.4 is 0 Å². The molecule has 1 aromatic carbocycles. The molecule has 0 bridgehead atoms. The number of furan rings is 2. The summed E-state index contributed by atoms with van der Waals surface area (Å²) in [7, 11) is 0. The molecule has 8 heteroatoms. The molecule has 2 aromatic heterocycles. The molecule has 2 amide bonds. The Labute approximate surface area is 173 Å². The molecule has 0 aliphatic carbocycles. The van der Waals surface area contributed by atoms with Gasteiger partial charge in [0.05, 0.1) is 18.9 Å². The smallest absolute Gasteiger partial charge is 0.310 e. The fraction of sp³-hybridized carbons (Fsp3) is 0.318. The summed E-state index contributed by atoms with van der Waals surface area (Å²) < 4.78 is 15.8. The quantitative estimate of drug-likeness (QED) is 0.600. The van der Waals surface area contributed by atoms with E-state index in [1.807, 2.05) is 25.1 Å². The number of fused-ring (bicyclic) bond motifs is 1. The lowest BCUT2D eigenvalue weighted by Gasteiger charge is -2.34. The number of nitrogens with zero attached hydrogens (tertiary/aromatic N) is 2. The molecular formula is C22H22N2O6. The number of aryl methyl sites for hydroxylation is 1. The van der Waals surface area contributed by atoms with Crippen molar-refractivity contribution in [2.45, 2.75) is 13.3 Å². The number of esters is 1. The van der Waals surface area contributed by atoms with Crippen LogP contribution in [0.4, 0.5) is 0 Å². The summed E-state index contributed by atoms with van der Waals surface area (Å²) >= 11 is 0. The van der Waals surface area contributed by atoms with Crippen LogP contribution in [0.3, 0.4) is 0 Å². The molecule has 0 N–H and O–H groups in total. The standard InChI is InChI=1S/C22H22N2O6/c1-15-4-5-17-16(13-29-19(17)11-15)12-21(26)30-14-20(25)23-6-8-24(9-7-23)22(27)18-3-2-10-28-18/h2-5,10-11,13H,6-9,12,14H2,1H3. The fourth-order valence-electron chi connectivity index (χ4n) is 3.48. The molecule has 0 saturated carbocycles. The van der Waals surface area contributed by atoms with Gasteiger partial charge in [-0.3, -0.25) is 14.4 Å². The maximum absolute atomic E-state index is 12.4. The number of carbonyl (C=O) groups is 3. The average molecular weight is 410 g/mol. The minimum Gasteiger partial charge on any atom is -0.464 e. The van der Waals surface area contributed by atoms with E-state index in [1.165, 1.54) is 6.26 Å². The minimum absolute atomic E-state index is 0.0365. The van der Waals surface area contributed by atoms with Gasteiger partial charge in [-0.05, 0) is 30.7 Å². The van der Waals surface area contributed by atoms with Gasteiger partial charge in [0.25, 0.3) is 11.8 Å². The molecule has 1 saturated heterocycles. The lowest BCUT2D eigenvalue weighted by molar-refractivity contribution is -0.152. The summed E-state index contributed by atoms with van der Waals surface area (Å²) in [5, 5.41) is 0.862. The van der Waals surface area contributed by atoms with Gasteiger partial charge in [-0.2, -0.15) is 0 Å². The Morgan fingerprint density at radius 3 is 2.53 bits per heavy atom. The predicted octanol–water partition coefficient (Wildman–Crippen LogP) is 2.40. The van der Waals surface area contributed by atoms with Gasteiger partial charge in [-0.1, -0.05) is 12.1 Å². The van der Waals surface area contributed by atoms with Crippen LogP contribution in [0.15, 0.2) is 51.7 Å². The highest BCUT2D eigenvalue weighted by atomic mass is 16.5. The van der Waals surface area contributed by atoms with E-state index in [2.05, 4.69) is 0 Å². The third-order valence-electron chi connectivity index (χ3n) is 5.15. The zero-order valence-corrected chi connectivity index (χ0v) is 16.6. The highest BCUT2D eigenvalue weighted by Crippen LogP contribution is 2.23. The molecule has 3 aromatic rings. The normalized spacial score (nSPS) is 14.2. The largest absolute Gasteiger partial charge is 0.464 e. The summed E-state index contributed by atoms with van der Waals surface area (Å²) in [6.45, 7) is 3.22. The third kappa shape index (κ3) is 4.22. The topological polar surface area (TPSA) is 93.2 Å². The van der Waals surface area contributed by atoms with Gasteiger partial charge < -0.3 is 23.4 Å². The van der Waals surface area contributed by atoms with Crippen LogP contribution in [0.5, 0.6) is 0 Å². The number of rotatable bonds is 5. The highest BCUT2D eigenvalue weighted by Gasteiger charge is 2.26. The molecule has 0 atom stereocenters. The molecular weight excluding hydrogens is 388 g/mol. The van der Waals surface area contributed by atoms with E-state index in [9.17, 15) is 14.4 Å². The number of carbonyl (C=O) groups excluding carboxylic acids is 3. The van der Waals surface area contributed by atoms with Crippen molar-refractivity contribution < 1.29 is 28.0 Å². The average Bonchev–Trinajstić information content (AvgIpc) is 3.42. The minimum atomic E-state index is -0.488. The van der Waals surface area contributed by atoms with Gasteiger partial charge in [0, 0.05) is 37.1 Å². The van der Waals surface area contributed by atoms with E-state index in [1.54, 1.807) is 28.2 Å². The van der Waals surface area contributed by atoms with Crippen LogP contribution >= 0.6 is 0 Å². The first-order valence-corrected chi connectivity index (χ1v) is 9.74. The van der Waals surface area contributed by atoms with Gasteiger partial charge in [0.1, 0.15) is 5.58 Å². The molecule has 1 fully saturated rings. The second-order valence-corrected chi connectivity index (χ2v) is 7.25. The van der Waals surface area contributed by atoms with Crippen molar-refractivity contribution in [2.75, 3.05) is 32.8 Å². The molecule has 0 radical (unpaired) electrons. The molecule has 8 nitrogen and oxygen atoms in total. The number of amides is 2. The molecule has 1 aliphatic rings. The Balaban J connectivity index is 1.24. The van der Waals surface area contributed by atoms with E-state index in [0.29, 0.717) is 26.2 Å².